The van der Waals surface area contributed by atoms with E-state index in [1.807, 2.05) is 0 Å². The largest absolute Gasteiger partial charge is 0.497 e. The van der Waals surface area contributed by atoms with Crippen LogP contribution in [0.1, 0.15) is 0 Å². The Morgan fingerprint density at radius 2 is 1.74 bits per heavy atom. The molecule has 0 unspecified atom stereocenters. The second-order valence-electron chi connectivity index (χ2n) is 3.65. The number of nitro groups is 1. The van der Waals surface area contributed by atoms with E-state index in [0.29, 0.717) is 16.0 Å². The summed E-state index contributed by atoms with van der Waals surface area (Å²) in [5.41, 5.74) is -0.0842. The summed E-state index contributed by atoms with van der Waals surface area (Å²) in [6, 6.07) is 11.4. The Bertz CT molecular complexity index is 598. The summed E-state index contributed by atoms with van der Waals surface area (Å²) in [4.78, 5) is 10.4. The van der Waals surface area contributed by atoms with Crippen molar-refractivity contribution in [3.05, 3.63) is 57.1 Å². The van der Waals surface area contributed by atoms with Crippen molar-refractivity contribution in [2.75, 3.05) is 7.11 Å². The molecule has 0 saturated heterocycles. The molecule has 0 amide bonds. The lowest BCUT2D eigenvalue weighted by Gasteiger charge is -2.07. The molecule has 2 rings (SSSR count). The Morgan fingerprint density at radius 3 is 2.32 bits per heavy atom. The maximum atomic E-state index is 10.9. The molecule has 0 atom stereocenters. The van der Waals surface area contributed by atoms with Crippen LogP contribution >= 0.6 is 15.9 Å². The summed E-state index contributed by atoms with van der Waals surface area (Å²) in [6.07, 6.45) is 0. The molecule has 19 heavy (non-hydrogen) atoms. The van der Waals surface area contributed by atoms with Crippen LogP contribution in [0.15, 0.2) is 46.9 Å². The van der Waals surface area contributed by atoms with Crippen molar-refractivity contribution < 1.29 is 14.4 Å². The Balaban J connectivity index is 2.31. The van der Waals surface area contributed by atoms with Gasteiger partial charge in [0.1, 0.15) is 11.5 Å². The predicted molar refractivity (Wildman–Crippen MR) is 73.9 cm³/mol. The average molecular weight is 324 g/mol. The zero-order valence-corrected chi connectivity index (χ0v) is 11.6. The highest BCUT2D eigenvalue weighted by molar-refractivity contribution is 9.10. The first-order chi connectivity index (χ1) is 9.10. The fourth-order valence-corrected chi connectivity index (χ4v) is 1.83. The van der Waals surface area contributed by atoms with Crippen LogP contribution in [0.3, 0.4) is 0 Å². The lowest BCUT2D eigenvalue weighted by molar-refractivity contribution is -0.385. The van der Waals surface area contributed by atoms with Crippen molar-refractivity contribution >= 4 is 21.6 Å². The molecule has 6 heteroatoms. The van der Waals surface area contributed by atoms with Crippen LogP contribution < -0.4 is 9.47 Å². The van der Waals surface area contributed by atoms with Gasteiger partial charge in [-0.25, -0.2) is 0 Å². The molecule has 98 valence electrons. The molecule has 0 N–H and O–H groups in total. The van der Waals surface area contributed by atoms with E-state index < -0.39 is 4.92 Å². The summed E-state index contributed by atoms with van der Waals surface area (Å²) in [5.74, 6) is 1.38. The molecule has 2 aromatic carbocycles. The molecular formula is C13H10BrNO4. The van der Waals surface area contributed by atoms with Gasteiger partial charge in [0, 0.05) is 16.6 Å². The molecule has 0 aromatic heterocycles. The molecule has 2 aromatic rings. The average Bonchev–Trinajstić information content (AvgIpc) is 2.39. The fraction of sp³-hybridized carbons (Fsp3) is 0.0769. The smallest absolute Gasteiger partial charge is 0.311 e. The van der Waals surface area contributed by atoms with E-state index in [-0.39, 0.29) is 11.4 Å². The molecule has 0 fully saturated rings. The fourth-order valence-electron chi connectivity index (χ4n) is 1.49. The zero-order chi connectivity index (χ0) is 13.8. The Kier molecular flexibility index (Phi) is 4.01. The topological polar surface area (TPSA) is 61.6 Å². The Morgan fingerprint density at radius 1 is 1.11 bits per heavy atom. The van der Waals surface area contributed by atoms with Crippen molar-refractivity contribution in [2.24, 2.45) is 0 Å². The maximum Gasteiger partial charge on any atom is 0.311 e. The number of nitro benzene ring substituents is 1. The number of nitrogens with zero attached hydrogens (tertiary/aromatic N) is 1. The van der Waals surface area contributed by atoms with Crippen molar-refractivity contribution in [1.29, 1.82) is 0 Å². The minimum atomic E-state index is -0.481. The van der Waals surface area contributed by atoms with Crippen molar-refractivity contribution in [1.82, 2.24) is 0 Å². The highest BCUT2D eigenvalue weighted by Crippen LogP contribution is 2.34. The minimum Gasteiger partial charge on any atom is -0.497 e. The molecule has 0 aliphatic carbocycles. The van der Waals surface area contributed by atoms with Gasteiger partial charge in [-0.05, 0) is 30.3 Å². The third-order valence-corrected chi connectivity index (χ3v) is 2.90. The molecule has 0 heterocycles. The highest BCUT2D eigenvalue weighted by Gasteiger charge is 2.15. The molecule has 0 radical (unpaired) electrons. The van der Waals surface area contributed by atoms with Gasteiger partial charge in [0.15, 0.2) is 0 Å². The number of halogens is 1. The van der Waals surface area contributed by atoms with Gasteiger partial charge in [-0.3, -0.25) is 10.1 Å². The van der Waals surface area contributed by atoms with Gasteiger partial charge in [-0.15, -0.1) is 0 Å². The monoisotopic (exact) mass is 323 g/mol. The van der Waals surface area contributed by atoms with E-state index in [1.54, 1.807) is 43.5 Å². The van der Waals surface area contributed by atoms with Gasteiger partial charge in [-0.1, -0.05) is 15.9 Å². The predicted octanol–water partition coefficient (Wildman–Crippen LogP) is 4.16. The zero-order valence-electron chi connectivity index (χ0n) is 10.00. The molecule has 0 spiro atoms. The van der Waals surface area contributed by atoms with E-state index in [2.05, 4.69) is 15.9 Å². The molecule has 0 saturated carbocycles. The van der Waals surface area contributed by atoms with E-state index in [0.717, 1.165) is 0 Å². The van der Waals surface area contributed by atoms with Crippen LogP contribution in [0.5, 0.6) is 17.2 Å². The van der Waals surface area contributed by atoms with Crippen molar-refractivity contribution in [3.63, 3.8) is 0 Å². The Labute approximate surface area is 118 Å². The third-order valence-electron chi connectivity index (χ3n) is 2.41. The highest BCUT2D eigenvalue weighted by atomic mass is 79.9. The summed E-state index contributed by atoms with van der Waals surface area (Å²) in [7, 11) is 1.56. The summed E-state index contributed by atoms with van der Waals surface area (Å²) >= 11 is 3.26. The SMILES string of the molecule is COc1ccc(Oc2cc(Br)ccc2[N+](=O)[O-])cc1. The van der Waals surface area contributed by atoms with E-state index in [9.17, 15) is 10.1 Å². The molecule has 0 aliphatic heterocycles. The first-order valence-electron chi connectivity index (χ1n) is 5.36. The number of hydrogen-bond acceptors (Lipinski definition) is 4. The quantitative estimate of drug-likeness (QED) is 0.626. The van der Waals surface area contributed by atoms with E-state index in [4.69, 9.17) is 9.47 Å². The molecule has 0 aliphatic rings. The molecular weight excluding hydrogens is 314 g/mol. The van der Waals surface area contributed by atoms with Crippen LogP contribution in [0.4, 0.5) is 5.69 Å². The summed E-state index contributed by atoms with van der Waals surface area (Å²) in [6.45, 7) is 0. The first-order valence-corrected chi connectivity index (χ1v) is 6.15. The second kappa shape index (κ2) is 5.71. The van der Waals surface area contributed by atoms with Gasteiger partial charge in [0.25, 0.3) is 0 Å². The standard InChI is InChI=1S/C13H10BrNO4/c1-18-10-3-5-11(6-4-10)19-13-8-9(14)2-7-12(13)15(16)17/h2-8H,1H3. The van der Waals surface area contributed by atoms with E-state index in [1.165, 1.54) is 6.07 Å². The van der Waals surface area contributed by atoms with Crippen molar-refractivity contribution in [3.8, 4) is 17.2 Å². The lowest BCUT2D eigenvalue weighted by atomic mass is 10.3. The van der Waals surface area contributed by atoms with Crippen molar-refractivity contribution in [2.45, 2.75) is 0 Å². The van der Waals surface area contributed by atoms with Gasteiger partial charge >= 0.3 is 5.69 Å². The van der Waals surface area contributed by atoms with E-state index >= 15 is 0 Å². The number of rotatable bonds is 4. The summed E-state index contributed by atoms with van der Waals surface area (Å²) < 4.78 is 11.3. The minimum absolute atomic E-state index is 0.0842. The van der Waals surface area contributed by atoms with Crippen LogP contribution in [-0.4, -0.2) is 12.0 Å². The van der Waals surface area contributed by atoms with Crippen LogP contribution in [0, 0.1) is 10.1 Å². The Hall–Kier alpha value is -2.08. The van der Waals surface area contributed by atoms with Crippen LogP contribution in [-0.2, 0) is 0 Å². The van der Waals surface area contributed by atoms with Gasteiger partial charge in [0.05, 0.1) is 12.0 Å². The number of methoxy groups -OCH3 is 1. The van der Waals surface area contributed by atoms with Gasteiger partial charge < -0.3 is 9.47 Å². The van der Waals surface area contributed by atoms with Crippen LogP contribution in [0.2, 0.25) is 0 Å². The molecule has 5 nitrogen and oxygen atoms in total. The summed E-state index contributed by atoms with van der Waals surface area (Å²) in [5, 5.41) is 10.9. The third kappa shape index (κ3) is 3.23. The van der Waals surface area contributed by atoms with Gasteiger partial charge in [0.2, 0.25) is 5.75 Å². The second-order valence-corrected chi connectivity index (χ2v) is 4.56. The van der Waals surface area contributed by atoms with Gasteiger partial charge in [-0.2, -0.15) is 0 Å². The molecule has 0 bridgehead atoms. The number of benzene rings is 2. The van der Waals surface area contributed by atoms with Crippen LogP contribution in [0.25, 0.3) is 0 Å². The number of ether oxygens (including phenoxy) is 2. The number of hydrogen-bond donors (Lipinski definition) is 0. The first kappa shape index (κ1) is 13.4. The maximum absolute atomic E-state index is 10.9. The lowest BCUT2D eigenvalue weighted by Crippen LogP contribution is -1.93. The normalized spacial score (nSPS) is 10.0.